The number of rotatable bonds is 3. The smallest absolute Gasteiger partial charge is 0.0714 e. The van der Waals surface area contributed by atoms with Gasteiger partial charge in [-0.3, -0.25) is 4.68 Å². The molecule has 15 heavy (non-hydrogen) atoms. The number of nitrogens with one attached hydrogen (secondary N) is 1. The number of hydrogen-bond acceptors (Lipinski definition) is 2. The molecule has 0 aliphatic rings. The predicted molar refractivity (Wildman–Crippen MR) is 63.1 cm³/mol. The molecular weight excluding hydrogens is 186 g/mol. The van der Waals surface area contributed by atoms with E-state index in [4.69, 9.17) is 0 Å². The molecule has 0 aliphatic heterocycles. The maximum Gasteiger partial charge on any atom is 0.0714 e. The molecule has 0 atom stereocenters. The molecule has 1 aromatic carbocycles. The Balaban J connectivity index is 2.54. The minimum atomic E-state index is 1.00. The summed E-state index contributed by atoms with van der Waals surface area (Å²) in [5.74, 6) is 0. The van der Waals surface area contributed by atoms with Gasteiger partial charge in [-0.15, -0.1) is 0 Å². The SMILES string of the molecule is CNCCc1cccc2c(C)nn(C)c12. The van der Waals surface area contributed by atoms with Gasteiger partial charge in [0.1, 0.15) is 0 Å². The van der Waals surface area contributed by atoms with Crippen LogP contribution in [0.3, 0.4) is 0 Å². The third kappa shape index (κ3) is 1.75. The first-order valence-corrected chi connectivity index (χ1v) is 5.30. The van der Waals surface area contributed by atoms with Crippen LogP contribution in [0.5, 0.6) is 0 Å². The quantitative estimate of drug-likeness (QED) is 0.822. The minimum Gasteiger partial charge on any atom is -0.319 e. The van der Waals surface area contributed by atoms with Gasteiger partial charge in [-0.25, -0.2) is 0 Å². The maximum atomic E-state index is 4.46. The standard InChI is InChI=1S/C12H17N3/c1-9-11-6-4-5-10(7-8-13-2)12(11)15(3)14-9/h4-6,13H,7-8H2,1-3H3. The summed E-state index contributed by atoms with van der Waals surface area (Å²) in [6.45, 7) is 3.06. The summed E-state index contributed by atoms with van der Waals surface area (Å²) in [5.41, 5.74) is 3.74. The van der Waals surface area contributed by atoms with Gasteiger partial charge in [0.05, 0.1) is 11.2 Å². The van der Waals surface area contributed by atoms with Crippen molar-refractivity contribution in [2.45, 2.75) is 13.3 Å². The lowest BCUT2D eigenvalue weighted by Crippen LogP contribution is -2.11. The van der Waals surface area contributed by atoms with Gasteiger partial charge < -0.3 is 5.32 Å². The molecule has 3 nitrogen and oxygen atoms in total. The number of nitrogens with zero attached hydrogens (tertiary/aromatic N) is 2. The van der Waals surface area contributed by atoms with E-state index in [1.165, 1.54) is 16.5 Å². The zero-order valence-electron chi connectivity index (χ0n) is 9.54. The molecule has 1 aromatic heterocycles. The minimum absolute atomic E-state index is 1.00. The molecule has 0 fully saturated rings. The van der Waals surface area contributed by atoms with E-state index in [-0.39, 0.29) is 0 Å². The third-order valence-corrected chi connectivity index (χ3v) is 2.78. The lowest BCUT2D eigenvalue weighted by molar-refractivity contribution is 0.763. The summed E-state index contributed by atoms with van der Waals surface area (Å²) in [4.78, 5) is 0. The second-order valence-electron chi connectivity index (χ2n) is 3.88. The lowest BCUT2D eigenvalue weighted by atomic mass is 10.1. The fraction of sp³-hybridized carbons (Fsp3) is 0.417. The fourth-order valence-electron chi connectivity index (χ4n) is 2.06. The van der Waals surface area contributed by atoms with Crippen LogP contribution in [0.4, 0.5) is 0 Å². The Labute approximate surface area is 90.1 Å². The number of likely N-dealkylation sites (N-methyl/N-ethyl adjacent to an activating group) is 1. The molecule has 0 saturated heterocycles. The molecule has 3 heteroatoms. The monoisotopic (exact) mass is 203 g/mol. The Kier molecular flexibility index (Phi) is 2.73. The molecule has 80 valence electrons. The van der Waals surface area contributed by atoms with Crippen molar-refractivity contribution in [3.8, 4) is 0 Å². The van der Waals surface area contributed by atoms with Crippen LogP contribution >= 0.6 is 0 Å². The number of aryl methyl sites for hydroxylation is 2. The van der Waals surface area contributed by atoms with Crippen LogP contribution in [0.15, 0.2) is 18.2 Å². The van der Waals surface area contributed by atoms with Gasteiger partial charge in [-0.2, -0.15) is 5.10 Å². The number of para-hydroxylation sites is 1. The Morgan fingerprint density at radius 3 is 2.93 bits per heavy atom. The highest BCUT2D eigenvalue weighted by Gasteiger charge is 2.08. The van der Waals surface area contributed by atoms with Gasteiger partial charge in [-0.05, 0) is 32.5 Å². The van der Waals surface area contributed by atoms with E-state index < -0.39 is 0 Å². The van der Waals surface area contributed by atoms with Gasteiger partial charge in [-0.1, -0.05) is 18.2 Å². The van der Waals surface area contributed by atoms with Crippen LogP contribution in [-0.2, 0) is 13.5 Å². The summed E-state index contributed by atoms with van der Waals surface area (Å²) in [7, 11) is 3.99. The topological polar surface area (TPSA) is 29.9 Å². The number of hydrogen-bond donors (Lipinski definition) is 1. The van der Waals surface area contributed by atoms with Crippen LogP contribution in [0.2, 0.25) is 0 Å². The van der Waals surface area contributed by atoms with Crippen LogP contribution in [0.25, 0.3) is 10.9 Å². The summed E-state index contributed by atoms with van der Waals surface area (Å²) in [6.07, 6.45) is 1.05. The second-order valence-corrected chi connectivity index (χ2v) is 3.88. The molecule has 2 aromatic rings. The zero-order chi connectivity index (χ0) is 10.8. The van der Waals surface area contributed by atoms with Gasteiger partial charge in [0, 0.05) is 12.4 Å². The fourth-order valence-corrected chi connectivity index (χ4v) is 2.06. The summed E-state index contributed by atoms with van der Waals surface area (Å²) in [5, 5.41) is 8.90. The largest absolute Gasteiger partial charge is 0.319 e. The first-order chi connectivity index (χ1) is 7.24. The molecule has 1 N–H and O–H groups in total. The van der Waals surface area contributed by atoms with Crippen LogP contribution in [0, 0.1) is 6.92 Å². The molecule has 0 amide bonds. The highest BCUT2D eigenvalue weighted by Crippen LogP contribution is 2.21. The molecule has 0 spiro atoms. The molecule has 0 radical (unpaired) electrons. The molecule has 1 heterocycles. The van der Waals surface area contributed by atoms with Gasteiger partial charge in [0.2, 0.25) is 0 Å². The van der Waals surface area contributed by atoms with Crippen molar-refractivity contribution in [3.05, 3.63) is 29.5 Å². The molecule has 2 rings (SSSR count). The molecule has 0 bridgehead atoms. The van der Waals surface area contributed by atoms with Gasteiger partial charge in [0.25, 0.3) is 0 Å². The van der Waals surface area contributed by atoms with Crippen molar-refractivity contribution in [2.75, 3.05) is 13.6 Å². The molecular formula is C12H17N3. The summed E-state index contributed by atoms with van der Waals surface area (Å²) >= 11 is 0. The van der Waals surface area contributed by atoms with E-state index in [2.05, 4.69) is 35.5 Å². The van der Waals surface area contributed by atoms with E-state index in [1.54, 1.807) is 0 Å². The average molecular weight is 203 g/mol. The number of benzene rings is 1. The van der Waals surface area contributed by atoms with E-state index in [1.807, 2.05) is 18.8 Å². The van der Waals surface area contributed by atoms with E-state index in [0.717, 1.165) is 18.7 Å². The second kappa shape index (κ2) is 4.03. The Hall–Kier alpha value is -1.35. The van der Waals surface area contributed by atoms with Crippen molar-refractivity contribution in [2.24, 2.45) is 7.05 Å². The highest BCUT2D eigenvalue weighted by molar-refractivity contribution is 5.84. The van der Waals surface area contributed by atoms with Crippen LogP contribution < -0.4 is 5.32 Å². The summed E-state index contributed by atoms with van der Waals surface area (Å²) < 4.78 is 1.98. The molecule has 0 unspecified atom stereocenters. The van der Waals surface area contributed by atoms with Crippen molar-refractivity contribution in [1.82, 2.24) is 15.1 Å². The average Bonchev–Trinajstić information content (AvgIpc) is 2.53. The van der Waals surface area contributed by atoms with Crippen molar-refractivity contribution < 1.29 is 0 Å². The Morgan fingerprint density at radius 1 is 1.40 bits per heavy atom. The van der Waals surface area contributed by atoms with Crippen molar-refractivity contribution >= 4 is 10.9 Å². The van der Waals surface area contributed by atoms with E-state index >= 15 is 0 Å². The van der Waals surface area contributed by atoms with Crippen molar-refractivity contribution in [3.63, 3.8) is 0 Å². The maximum absolute atomic E-state index is 4.46. The lowest BCUT2D eigenvalue weighted by Gasteiger charge is -2.04. The zero-order valence-corrected chi connectivity index (χ0v) is 9.54. The Morgan fingerprint density at radius 2 is 2.20 bits per heavy atom. The van der Waals surface area contributed by atoms with Crippen molar-refractivity contribution in [1.29, 1.82) is 0 Å². The summed E-state index contributed by atoms with van der Waals surface area (Å²) in [6, 6.07) is 6.43. The van der Waals surface area contributed by atoms with E-state index in [9.17, 15) is 0 Å². The first kappa shape index (κ1) is 10.2. The predicted octanol–water partition coefficient (Wildman–Crippen LogP) is 1.64. The first-order valence-electron chi connectivity index (χ1n) is 5.30. The normalized spacial score (nSPS) is 11.1. The van der Waals surface area contributed by atoms with Crippen LogP contribution in [-0.4, -0.2) is 23.4 Å². The third-order valence-electron chi connectivity index (χ3n) is 2.78. The highest BCUT2D eigenvalue weighted by atomic mass is 15.3. The molecule has 0 aliphatic carbocycles. The van der Waals surface area contributed by atoms with Crippen LogP contribution in [0.1, 0.15) is 11.3 Å². The van der Waals surface area contributed by atoms with Gasteiger partial charge in [0.15, 0.2) is 0 Å². The number of fused-ring (bicyclic) bond motifs is 1. The Bertz CT molecular complexity index is 471. The van der Waals surface area contributed by atoms with Gasteiger partial charge >= 0.3 is 0 Å². The number of aromatic nitrogens is 2. The molecule has 0 saturated carbocycles. The van der Waals surface area contributed by atoms with E-state index in [0.29, 0.717) is 0 Å².